The molecule has 3 rings (SSSR count). The number of aromatic amines is 1. The fourth-order valence-corrected chi connectivity index (χ4v) is 2.67. The number of nitrogens with two attached hydrogens (primary N) is 1. The summed E-state index contributed by atoms with van der Waals surface area (Å²) in [4.78, 5) is 27.5. The highest BCUT2D eigenvalue weighted by Crippen LogP contribution is 2.20. The number of amides is 3. The van der Waals surface area contributed by atoms with E-state index in [1.54, 1.807) is 0 Å². The van der Waals surface area contributed by atoms with Crippen molar-refractivity contribution in [2.75, 3.05) is 19.6 Å². The van der Waals surface area contributed by atoms with Crippen LogP contribution in [0.3, 0.4) is 0 Å². The van der Waals surface area contributed by atoms with Gasteiger partial charge in [-0.15, -0.1) is 12.4 Å². The lowest BCUT2D eigenvalue weighted by Crippen LogP contribution is -2.32. The summed E-state index contributed by atoms with van der Waals surface area (Å²) in [6.07, 6.45) is 3.47. The van der Waals surface area contributed by atoms with Crippen LogP contribution in [0, 0.1) is 0 Å². The van der Waals surface area contributed by atoms with E-state index in [9.17, 15) is 9.59 Å². The van der Waals surface area contributed by atoms with E-state index in [1.807, 2.05) is 18.3 Å². The molecule has 1 aliphatic heterocycles. The molecule has 2 aromatic rings. The van der Waals surface area contributed by atoms with E-state index in [0.29, 0.717) is 19.5 Å². The Kier molecular flexibility index (Phi) is 6.56. The van der Waals surface area contributed by atoms with Crippen LogP contribution in [-0.4, -0.2) is 46.9 Å². The van der Waals surface area contributed by atoms with Gasteiger partial charge in [-0.1, -0.05) is 6.07 Å². The maximum absolute atomic E-state index is 11.5. The number of carbonyl (C=O) groups is 2. The standard InChI is InChI=1S/C15H18N4O2.ClH.H2O/c16-5-3-11-8-17-13-2-1-10(7-12(11)13)4-6-19-14(20)9-18-15(19)21;;/h1-2,7-8,17H,3-6,9,16H2,(H,18,21);1H;1H2. The Hall–Kier alpha value is -2.09. The minimum atomic E-state index is -0.299. The molecule has 0 saturated carbocycles. The summed E-state index contributed by atoms with van der Waals surface area (Å²) in [5.74, 6) is -0.161. The summed E-state index contributed by atoms with van der Waals surface area (Å²) in [5, 5.41) is 3.69. The summed E-state index contributed by atoms with van der Waals surface area (Å²) >= 11 is 0. The van der Waals surface area contributed by atoms with Crippen molar-refractivity contribution < 1.29 is 15.1 Å². The first-order valence-corrected chi connectivity index (χ1v) is 7.06. The van der Waals surface area contributed by atoms with Gasteiger partial charge in [-0.3, -0.25) is 9.69 Å². The number of nitrogens with zero attached hydrogens (tertiary/aromatic N) is 1. The van der Waals surface area contributed by atoms with Crippen LogP contribution in [0.2, 0.25) is 0 Å². The molecule has 23 heavy (non-hydrogen) atoms. The van der Waals surface area contributed by atoms with Crippen molar-refractivity contribution in [1.29, 1.82) is 0 Å². The first-order valence-electron chi connectivity index (χ1n) is 7.06. The van der Waals surface area contributed by atoms with E-state index >= 15 is 0 Å². The van der Waals surface area contributed by atoms with Crippen molar-refractivity contribution >= 4 is 35.2 Å². The topological polar surface area (TPSA) is 123 Å². The Morgan fingerprint density at radius 3 is 2.65 bits per heavy atom. The van der Waals surface area contributed by atoms with Gasteiger partial charge in [0.2, 0.25) is 5.91 Å². The van der Waals surface area contributed by atoms with Crippen LogP contribution in [0.15, 0.2) is 24.4 Å². The molecular weight excluding hydrogens is 320 g/mol. The van der Waals surface area contributed by atoms with Gasteiger partial charge in [-0.25, -0.2) is 4.79 Å². The van der Waals surface area contributed by atoms with Gasteiger partial charge in [0.1, 0.15) is 0 Å². The first-order chi connectivity index (χ1) is 10.2. The van der Waals surface area contributed by atoms with Gasteiger partial charge >= 0.3 is 6.03 Å². The van der Waals surface area contributed by atoms with Gasteiger partial charge < -0.3 is 21.5 Å². The predicted molar refractivity (Wildman–Crippen MR) is 90.7 cm³/mol. The minimum Gasteiger partial charge on any atom is -0.412 e. The zero-order chi connectivity index (χ0) is 14.8. The lowest BCUT2D eigenvalue weighted by atomic mass is 10.1. The second-order valence-corrected chi connectivity index (χ2v) is 5.19. The van der Waals surface area contributed by atoms with Crippen LogP contribution in [0.4, 0.5) is 4.79 Å². The number of nitrogens with one attached hydrogen (secondary N) is 2. The van der Waals surface area contributed by atoms with Gasteiger partial charge in [0, 0.05) is 23.6 Å². The maximum Gasteiger partial charge on any atom is 0.324 e. The van der Waals surface area contributed by atoms with Crippen molar-refractivity contribution in [2.45, 2.75) is 12.8 Å². The Morgan fingerprint density at radius 2 is 2.00 bits per heavy atom. The fraction of sp³-hybridized carbons (Fsp3) is 0.333. The largest absolute Gasteiger partial charge is 0.412 e. The second-order valence-electron chi connectivity index (χ2n) is 5.19. The van der Waals surface area contributed by atoms with E-state index < -0.39 is 0 Å². The van der Waals surface area contributed by atoms with Crippen LogP contribution in [0.5, 0.6) is 0 Å². The molecule has 0 atom stereocenters. The molecule has 0 unspecified atom stereocenters. The third-order valence-electron chi connectivity index (χ3n) is 3.81. The van der Waals surface area contributed by atoms with Crippen molar-refractivity contribution in [2.24, 2.45) is 5.73 Å². The number of hydrogen-bond donors (Lipinski definition) is 3. The number of rotatable bonds is 5. The van der Waals surface area contributed by atoms with E-state index in [0.717, 1.165) is 22.9 Å². The molecule has 1 saturated heterocycles. The highest BCUT2D eigenvalue weighted by atomic mass is 35.5. The van der Waals surface area contributed by atoms with Gasteiger partial charge in [-0.2, -0.15) is 0 Å². The van der Waals surface area contributed by atoms with Crippen LogP contribution in [-0.2, 0) is 17.6 Å². The number of carbonyl (C=O) groups excluding carboxylic acids is 2. The molecule has 0 radical (unpaired) electrons. The lowest BCUT2D eigenvalue weighted by molar-refractivity contribution is -0.124. The number of fused-ring (bicyclic) bond motifs is 1. The van der Waals surface area contributed by atoms with Crippen LogP contribution in [0.25, 0.3) is 10.9 Å². The Labute approximate surface area is 139 Å². The summed E-state index contributed by atoms with van der Waals surface area (Å²) in [6, 6.07) is 5.85. The van der Waals surface area contributed by atoms with E-state index in [1.165, 1.54) is 10.5 Å². The van der Waals surface area contributed by atoms with Gasteiger partial charge in [0.05, 0.1) is 6.54 Å². The van der Waals surface area contributed by atoms with Gasteiger partial charge in [0.25, 0.3) is 0 Å². The van der Waals surface area contributed by atoms with Gasteiger partial charge in [-0.05, 0) is 42.6 Å². The smallest absolute Gasteiger partial charge is 0.324 e. The van der Waals surface area contributed by atoms with Crippen LogP contribution < -0.4 is 11.1 Å². The van der Waals surface area contributed by atoms with E-state index in [2.05, 4.69) is 16.4 Å². The highest BCUT2D eigenvalue weighted by molar-refractivity contribution is 6.01. The number of H-pyrrole nitrogens is 1. The van der Waals surface area contributed by atoms with Crippen molar-refractivity contribution in [3.05, 3.63) is 35.5 Å². The zero-order valence-electron chi connectivity index (χ0n) is 12.6. The first kappa shape index (κ1) is 19.0. The molecule has 3 amide bonds. The number of benzene rings is 1. The quantitative estimate of drug-likeness (QED) is 0.681. The van der Waals surface area contributed by atoms with Crippen molar-refractivity contribution in [1.82, 2.24) is 15.2 Å². The molecule has 1 aromatic heterocycles. The van der Waals surface area contributed by atoms with Crippen LogP contribution in [0.1, 0.15) is 11.1 Å². The molecule has 0 bridgehead atoms. The normalized spacial score (nSPS) is 13.7. The van der Waals surface area contributed by atoms with Crippen LogP contribution >= 0.6 is 12.4 Å². The van der Waals surface area contributed by atoms with Crippen molar-refractivity contribution in [3.8, 4) is 0 Å². The number of hydrogen-bond acceptors (Lipinski definition) is 3. The van der Waals surface area contributed by atoms with E-state index in [4.69, 9.17) is 5.73 Å². The Morgan fingerprint density at radius 1 is 1.22 bits per heavy atom. The molecule has 1 aliphatic rings. The summed E-state index contributed by atoms with van der Waals surface area (Å²) in [6.45, 7) is 1.13. The molecule has 2 heterocycles. The number of imide groups is 1. The third kappa shape index (κ3) is 3.82. The third-order valence-corrected chi connectivity index (χ3v) is 3.81. The number of halogens is 1. The average Bonchev–Trinajstić information content (AvgIpc) is 3.02. The zero-order valence-corrected chi connectivity index (χ0v) is 13.4. The molecule has 1 aromatic carbocycles. The minimum absolute atomic E-state index is 0. The number of aromatic nitrogens is 1. The van der Waals surface area contributed by atoms with Crippen molar-refractivity contribution in [3.63, 3.8) is 0 Å². The van der Waals surface area contributed by atoms with E-state index in [-0.39, 0.29) is 36.4 Å². The Bertz CT molecular complexity index is 685. The highest BCUT2D eigenvalue weighted by Gasteiger charge is 2.27. The predicted octanol–water partition coefficient (Wildman–Crippen LogP) is 0.360. The summed E-state index contributed by atoms with van der Waals surface area (Å²) in [7, 11) is 0. The number of urea groups is 1. The molecule has 8 heteroatoms. The molecule has 7 nitrogen and oxygen atoms in total. The summed E-state index contributed by atoms with van der Waals surface area (Å²) < 4.78 is 0. The molecule has 6 N–H and O–H groups in total. The molecule has 1 fully saturated rings. The van der Waals surface area contributed by atoms with Gasteiger partial charge in [0.15, 0.2) is 0 Å². The lowest BCUT2D eigenvalue weighted by Gasteiger charge is -2.12. The molecular formula is C15H21ClN4O3. The average molecular weight is 341 g/mol. The monoisotopic (exact) mass is 340 g/mol. The summed E-state index contributed by atoms with van der Waals surface area (Å²) in [5.41, 5.74) is 9.00. The Balaban J connectivity index is 0.00000132. The fourth-order valence-electron chi connectivity index (χ4n) is 2.67. The molecule has 126 valence electrons. The second kappa shape index (κ2) is 7.96. The maximum atomic E-state index is 11.5. The molecule has 0 spiro atoms. The molecule has 0 aliphatic carbocycles. The SMILES string of the molecule is Cl.NCCc1c[nH]c2ccc(CCN3C(=O)CNC3=O)cc12.O.